The van der Waals surface area contributed by atoms with E-state index in [0.29, 0.717) is 11.6 Å². The Morgan fingerprint density at radius 3 is 2.58 bits per heavy atom. The van der Waals surface area contributed by atoms with Crippen LogP contribution in [0.4, 0.5) is 5.82 Å². The van der Waals surface area contributed by atoms with Gasteiger partial charge in [0.05, 0.1) is 5.56 Å². The molecular formula is C14H12N4O. The van der Waals surface area contributed by atoms with Crippen LogP contribution >= 0.6 is 0 Å². The topological polar surface area (TPSA) is 77.8 Å². The number of nitrogens with two attached hydrogens (primary N) is 1. The van der Waals surface area contributed by atoms with Crippen molar-refractivity contribution in [2.24, 2.45) is 0 Å². The molecule has 0 aliphatic heterocycles. The molecule has 3 heterocycles. The van der Waals surface area contributed by atoms with Crippen LogP contribution in [0.2, 0.25) is 0 Å². The SMILES string of the molecule is Cc1cncc(-c2onc(N)c2-c2ccncc2)c1. The van der Waals surface area contributed by atoms with Crippen molar-refractivity contribution in [2.75, 3.05) is 5.73 Å². The third-order valence-corrected chi connectivity index (χ3v) is 2.82. The average molecular weight is 252 g/mol. The molecule has 3 aromatic heterocycles. The maximum atomic E-state index is 5.90. The number of anilines is 1. The van der Waals surface area contributed by atoms with Crippen LogP contribution in [0.1, 0.15) is 5.56 Å². The lowest BCUT2D eigenvalue weighted by Crippen LogP contribution is -1.89. The van der Waals surface area contributed by atoms with Gasteiger partial charge in [0, 0.05) is 30.4 Å². The maximum absolute atomic E-state index is 5.90. The third-order valence-electron chi connectivity index (χ3n) is 2.82. The maximum Gasteiger partial charge on any atom is 0.178 e. The van der Waals surface area contributed by atoms with E-state index in [0.717, 1.165) is 22.3 Å². The summed E-state index contributed by atoms with van der Waals surface area (Å²) in [5.74, 6) is 0.989. The summed E-state index contributed by atoms with van der Waals surface area (Å²) in [4.78, 5) is 8.16. The van der Waals surface area contributed by atoms with E-state index in [9.17, 15) is 0 Å². The molecule has 0 aliphatic carbocycles. The van der Waals surface area contributed by atoms with Crippen LogP contribution in [0.15, 0.2) is 47.5 Å². The minimum atomic E-state index is 0.364. The summed E-state index contributed by atoms with van der Waals surface area (Å²) in [5.41, 5.74) is 9.50. The van der Waals surface area contributed by atoms with Gasteiger partial charge < -0.3 is 10.3 Å². The van der Waals surface area contributed by atoms with E-state index in [1.54, 1.807) is 24.8 Å². The van der Waals surface area contributed by atoms with Crippen LogP contribution in [0.5, 0.6) is 0 Å². The largest absolute Gasteiger partial charge is 0.380 e. The Labute approximate surface area is 110 Å². The number of nitrogens with zero attached hydrogens (tertiary/aromatic N) is 3. The lowest BCUT2D eigenvalue weighted by molar-refractivity contribution is 0.436. The summed E-state index contributed by atoms with van der Waals surface area (Å²) < 4.78 is 5.36. The molecule has 0 bridgehead atoms. The molecule has 2 N–H and O–H groups in total. The fraction of sp³-hybridized carbons (Fsp3) is 0.0714. The Morgan fingerprint density at radius 1 is 1.05 bits per heavy atom. The lowest BCUT2D eigenvalue weighted by Gasteiger charge is -2.02. The minimum Gasteiger partial charge on any atom is -0.380 e. The molecule has 0 spiro atoms. The van der Waals surface area contributed by atoms with Crippen LogP contribution in [-0.2, 0) is 0 Å². The Kier molecular flexibility index (Phi) is 2.72. The molecule has 5 heteroatoms. The summed E-state index contributed by atoms with van der Waals surface area (Å²) in [5, 5.41) is 3.85. The zero-order valence-corrected chi connectivity index (χ0v) is 10.4. The fourth-order valence-electron chi connectivity index (χ4n) is 1.98. The highest BCUT2D eigenvalue weighted by Gasteiger charge is 2.17. The predicted molar refractivity (Wildman–Crippen MR) is 72.1 cm³/mol. The van der Waals surface area contributed by atoms with Gasteiger partial charge in [-0.05, 0) is 36.2 Å². The van der Waals surface area contributed by atoms with Gasteiger partial charge in [0.1, 0.15) is 0 Å². The molecule has 0 aliphatic rings. The number of hydrogen-bond acceptors (Lipinski definition) is 5. The fourth-order valence-corrected chi connectivity index (χ4v) is 1.98. The molecule has 3 rings (SSSR count). The Bertz CT molecular complexity index is 706. The number of nitrogen functional groups attached to an aromatic ring is 1. The average Bonchev–Trinajstić information content (AvgIpc) is 2.82. The Balaban J connectivity index is 2.19. The second-order valence-electron chi connectivity index (χ2n) is 4.26. The van der Waals surface area contributed by atoms with Gasteiger partial charge in [-0.3, -0.25) is 9.97 Å². The number of rotatable bonds is 2. The van der Waals surface area contributed by atoms with E-state index in [4.69, 9.17) is 10.3 Å². The van der Waals surface area contributed by atoms with E-state index in [-0.39, 0.29) is 0 Å². The van der Waals surface area contributed by atoms with E-state index < -0.39 is 0 Å². The molecule has 0 saturated carbocycles. The van der Waals surface area contributed by atoms with Gasteiger partial charge in [0.25, 0.3) is 0 Å². The van der Waals surface area contributed by atoms with Crippen molar-refractivity contribution >= 4 is 5.82 Å². The number of pyridine rings is 2. The zero-order chi connectivity index (χ0) is 13.2. The second kappa shape index (κ2) is 4.53. The van der Waals surface area contributed by atoms with Gasteiger partial charge in [0.2, 0.25) is 0 Å². The molecule has 19 heavy (non-hydrogen) atoms. The normalized spacial score (nSPS) is 10.6. The Morgan fingerprint density at radius 2 is 1.84 bits per heavy atom. The van der Waals surface area contributed by atoms with Crippen LogP contribution < -0.4 is 5.73 Å². The van der Waals surface area contributed by atoms with Crippen molar-refractivity contribution in [3.63, 3.8) is 0 Å². The smallest absolute Gasteiger partial charge is 0.178 e. The first kappa shape index (κ1) is 11.4. The van der Waals surface area contributed by atoms with Crippen molar-refractivity contribution in [1.82, 2.24) is 15.1 Å². The van der Waals surface area contributed by atoms with Crippen molar-refractivity contribution in [3.8, 4) is 22.5 Å². The van der Waals surface area contributed by atoms with Crippen molar-refractivity contribution in [2.45, 2.75) is 6.92 Å². The highest BCUT2D eigenvalue weighted by Crippen LogP contribution is 2.35. The van der Waals surface area contributed by atoms with Crippen LogP contribution in [0.3, 0.4) is 0 Å². The van der Waals surface area contributed by atoms with Gasteiger partial charge >= 0.3 is 0 Å². The molecule has 5 nitrogen and oxygen atoms in total. The van der Waals surface area contributed by atoms with E-state index in [1.807, 2.05) is 25.1 Å². The quantitative estimate of drug-likeness (QED) is 0.758. The summed E-state index contributed by atoms with van der Waals surface area (Å²) in [7, 11) is 0. The van der Waals surface area contributed by atoms with Crippen molar-refractivity contribution < 1.29 is 4.52 Å². The molecule has 0 amide bonds. The minimum absolute atomic E-state index is 0.364. The van der Waals surface area contributed by atoms with Crippen LogP contribution in [0, 0.1) is 6.92 Å². The summed E-state index contributed by atoms with van der Waals surface area (Å²) in [6, 6.07) is 5.73. The number of aryl methyl sites for hydroxylation is 1. The summed E-state index contributed by atoms with van der Waals surface area (Å²) >= 11 is 0. The first-order valence-corrected chi connectivity index (χ1v) is 5.83. The summed E-state index contributed by atoms with van der Waals surface area (Å²) in [6.07, 6.45) is 6.94. The van der Waals surface area contributed by atoms with Crippen LogP contribution in [-0.4, -0.2) is 15.1 Å². The molecule has 0 aromatic carbocycles. The number of aromatic nitrogens is 3. The van der Waals surface area contributed by atoms with Gasteiger partial charge in [-0.2, -0.15) is 0 Å². The molecule has 94 valence electrons. The third kappa shape index (κ3) is 2.06. The highest BCUT2D eigenvalue weighted by molar-refractivity contribution is 5.86. The first-order valence-electron chi connectivity index (χ1n) is 5.83. The van der Waals surface area contributed by atoms with Crippen LogP contribution in [0.25, 0.3) is 22.5 Å². The molecule has 0 fully saturated rings. The lowest BCUT2D eigenvalue weighted by atomic mass is 10.0. The van der Waals surface area contributed by atoms with E-state index in [1.165, 1.54) is 0 Å². The standard InChI is InChI=1S/C14H12N4O/c1-9-6-11(8-17-7-9)13-12(14(15)18-19-13)10-2-4-16-5-3-10/h2-8H,1H3,(H2,15,18). The van der Waals surface area contributed by atoms with Gasteiger partial charge in [-0.25, -0.2) is 0 Å². The molecule has 0 unspecified atom stereocenters. The molecular weight excluding hydrogens is 240 g/mol. The predicted octanol–water partition coefficient (Wildman–Crippen LogP) is 2.69. The van der Waals surface area contributed by atoms with E-state index in [2.05, 4.69) is 15.1 Å². The Hall–Kier alpha value is -2.69. The molecule has 3 aromatic rings. The molecule has 0 radical (unpaired) electrons. The van der Waals surface area contributed by atoms with Crippen molar-refractivity contribution in [1.29, 1.82) is 0 Å². The zero-order valence-electron chi connectivity index (χ0n) is 10.4. The number of hydrogen-bond donors (Lipinski definition) is 1. The molecule has 0 atom stereocenters. The van der Waals surface area contributed by atoms with E-state index >= 15 is 0 Å². The second-order valence-corrected chi connectivity index (χ2v) is 4.26. The molecule has 0 saturated heterocycles. The first-order chi connectivity index (χ1) is 9.25. The van der Waals surface area contributed by atoms with Gasteiger partial charge in [-0.15, -0.1) is 0 Å². The van der Waals surface area contributed by atoms with Gasteiger partial charge in [-0.1, -0.05) is 5.16 Å². The van der Waals surface area contributed by atoms with Crippen molar-refractivity contribution in [3.05, 3.63) is 48.5 Å². The summed E-state index contributed by atoms with van der Waals surface area (Å²) in [6.45, 7) is 1.97. The monoisotopic (exact) mass is 252 g/mol. The highest BCUT2D eigenvalue weighted by atomic mass is 16.5. The van der Waals surface area contributed by atoms with Gasteiger partial charge in [0.15, 0.2) is 11.6 Å².